The van der Waals surface area contributed by atoms with Crippen molar-refractivity contribution in [3.05, 3.63) is 41.2 Å². The molecule has 0 spiro atoms. The van der Waals surface area contributed by atoms with Gasteiger partial charge in [-0.2, -0.15) is 0 Å². The molecule has 0 aromatic heterocycles. The minimum absolute atomic E-state index is 0.00829. The van der Waals surface area contributed by atoms with Crippen LogP contribution in [0.4, 0.5) is 5.69 Å². The average Bonchev–Trinajstić information content (AvgIpc) is 2.48. The summed E-state index contributed by atoms with van der Waals surface area (Å²) in [6.07, 6.45) is 4.44. The normalized spacial score (nSPS) is 18.2. The summed E-state index contributed by atoms with van der Waals surface area (Å²) in [6.45, 7) is 9.53. The van der Waals surface area contributed by atoms with Crippen LogP contribution in [0.5, 0.6) is 0 Å². The van der Waals surface area contributed by atoms with Crippen LogP contribution >= 0.6 is 0 Å². The third kappa shape index (κ3) is 3.31. The van der Waals surface area contributed by atoms with E-state index in [9.17, 15) is 9.59 Å². The quantitative estimate of drug-likeness (QED) is 0.845. The van der Waals surface area contributed by atoms with Gasteiger partial charge in [-0.25, -0.2) is 0 Å². The Morgan fingerprint density at radius 2 is 1.78 bits per heavy atom. The smallest absolute Gasteiger partial charge is 0.254 e. The summed E-state index contributed by atoms with van der Waals surface area (Å²) in [4.78, 5) is 28.5. The van der Waals surface area contributed by atoms with Crippen LogP contribution < -0.4 is 4.90 Å². The van der Waals surface area contributed by atoms with Crippen LogP contribution in [0, 0.1) is 13.8 Å². The molecule has 1 heterocycles. The molecule has 0 fully saturated rings. The molecule has 124 valence electrons. The fourth-order valence-electron chi connectivity index (χ4n) is 3.21. The van der Waals surface area contributed by atoms with Gasteiger partial charge in [-0.05, 0) is 38.3 Å². The van der Waals surface area contributed by atoms with Crippen LogP contribution in [-0.4, -0.2) is 22.8 Å². The highest BCUT2D eigenvalue weighted by Crippen LogP contribution is 2.32. The molecule has 0 saturated heterocycles. The molecule has 2 rings (SSSR count). The largest absolute Gasteiger partial charge is 0.305 e. The molecule has 4 nitrogen and oxygen atoms in total. The van der Waals surface area contributed by atoms with Crippen LogP contribution in [0.1, 0.15) is 51.2 Å². The maximum Gasteiger partial charge on any atom is 0.254 e. The predicted molar refractivity (Wildman–Crippen MR) is 93.0 cm³/mol. The van der Waals surface area contributed by atoms with Crippen LogP contribution in [0.2, 0.25) is 0 Å². The molecule has 0 saturated carbocycles. The topological polar surface area (TPSA) is 40.6 Å². The third-order valence-electron chi connectivity index (χ3n) is 4.38. The molecule has 1 aliphatic rings. The first-order valence-electron chi connectivity index (χ1n) is 8.26. The molecule has 1 aliphatic heterocycles. The Kier molecular flexibility index (Phi) is 5.24. The highest BCUT2D eigenvalue weighted by molar-refractivity contribution is 6.04. The summed E-state index contributed by atoms with van der Waals surface area (Å²) >= 11 is 0. The standard InChI is InChI=1S/C19H26N2O2/c1-6-7-11-17-19(23)21(15(4)12-20(17)16(5)22)18-13(2)9-8-10-14(18)3/h8-10,12,17H,6-7,11H2,1-5H3. The number of allylic oxidation sites excluding steroid dienone is 1. The van der Waals surface area contributed by atoms with Crippen molar-refractivity contribution in [1.82, 2.24) is 4.90 Å². The molecule has 1 unspecified atom stereocenters. The van der Waals surface area contributed by atoms with Crippen molar-refractivity contribution in [2.75, 3.05) is 4.90 Å². The Morgan fingerprint density at radius 3 is 2.30 bits per heavy atom. The minimum Gasteiger partial charge on any atom is -0.305 e. The maximum absolute atomic E-state index is 13.2. The fourth-order valence-corrected chi connectivity index (χ4v) is 3.21. The average molecular weight is 314 g/mol. The van der Waals surface area contributed by atoms with E-state index in [0.717, 1.165) is 35.4 Å². The number of amides is 2. The number of aryl methyl sites for hydroxylation is 2. The second-order valence-electron chi connectivity index (χ2n) is 6.27. The van der Waals surface area contributed by atoms with E-state index in [1.165, 1.54) is 6.92 Å². The number of anilines is 1. The van der Waals surface area contributed by atoms with Crippen molar-refractivity contribution < 1.29 is 9.59 Å². The first kappa shape index (κ1) is 17.3. The third-order valence-corrected chi connectivity index (χ3v) is 4.38. The number of benzene rings is 1. The van der Waals surface area contributed by atoms with E-state index in [2.05, 4.69) is 6.92 Å². The Balaban J connectivity index is 2.51. The van der Waals surface area contributed by atoms with E-state index >= 15 is 0 Å². The lowest BCUT2D eigenvalue weighted by Crippen LogP contribution is -2.52. The molecular weight excluding hydrogens is 288 g/mol. The first-order valence-corrected chi connectivity index (χ1v) is 8.26. The number of hydrogen-bond donors (Lipinski definition) is 0. The monoisotopic (exact) mass is 314 g/mol. The molecule has 0 aliphatic carbocycles. The van der Waals surface area contributed by atoms with Gasteiger partial charge in [0.1, 0.15) is 6.04 Å². The van der Waals surface area contributed by atoms with Gasteiger partial charge in [-0.15, -0.1) is 0 Å². The summed E-state index contributed by atoms with van der Waals surface area (Å²) in [5, 5.41) is 0. The molecular formula is C19H26N2O2. The molecule has 23 heavy (non-hydrogen) atoms. The number of hydrogen-bond acceptors (Lipinski definition) is 2. The number of nitrogens with zero attached hydrogens (tertiary/aromatic N) is 2. The number of para-hydroxylation sites is 1. The SMILES string of the molecule is CCCCC1C(=O)N(c2c(C)cccc2C)C(C)=CN1C(C)=O. The Labute approximate surface area is 138 Å². The summed E-state index contributed by atoms with van der Waals surface area (Å²) in [5.41, 5.74) is 3.86. The molecule has 1 atom stereocenters. The first-order chi connectivity index (χ1) is 10.9. The van der Waals surface area contributed by atoms with Crippen molar-refractivity contribution in [2.45, 2.75) is 59.9 Å². The summed E-state index contributed by atoms with van der Waals surface area (Å²) in [7, 11) is 0. The summed E-state index contributed by atoms with van der Waals surface area (Å²) in [6, 6.07) is 5.62. The van der Waals surface area contributed by atoms with Gasteiger partial charge in [0.05, 0.1) is 5.69 Å². The summed E-state index contributed by atoms with van der Waals surface area (Å²) in [5.74, 6) is -0.0917. The van der Waals surface area contributed by atoms with Crippen molar-refractivity contribution in [2.24, 2.45) is 0 Å². The summed E-state index contributed by atoms with van der Waals surface area (Å²) < 4.78 is 0. The zero-order valence-corrected chi connectivity index (χ0v) is 14.7. The van der Waals surface area contributed by atoms with Gasteiger partial charge in [0.25, 0.3) is 5.91 Å². The van der Waals surface area contributed by atoms with Crippen molar-refractivity contribution in [3.8, 4) is 0 Å². The van der Waals surface area contributed by atoms with Gasteiger partial charge in [0.15, 0.2) is 0 Å². The molecule has 1 aromatic rings. The second kappa shape index (κ2) is 6.99. The molecule has 2 amide bonds. The maximum atomic E-state index is 13.2. The van der Waals surface area contributed by atoms with Crippen LogP contribution in [-0.2, 0) is 9.59 Å². The van der Waals surface area contributed by atoms with E-state index < -0.39 is 6.04 Å². The number of rotatable bonds is 4. The van der Waals surface area contributed by atoms with Gasteiger partial charge >= 0.3 is 0 Å². The zero-order chi connectivity index (χ0) is 17.1. The molecule has 0 bridgehead atoms. The second-order valence-corrected chi connectivity index (χ2v) is 6.27. The van der Waals surface area contributed by atoms with E-state index in [1.807, 2.05) is 45.2 Å². The lowest BCUT2D eigenvalue weighted by atomic mass is 10.0. The van der Waals surface area contributed by atoms with Crippen molar-refractivity contribution in [1.29, 1.82) is 0 Å². The fraction of sp³-hybridized carbons (Fsp3) is 0.474. The highest BCUT2D eigenvalue weighted by Gasteiger charge is 2.36. The predicted octanol–water partition coefficient (Wildman–Crippen LogP) is 3.92. The van der Waals surface area contributed by atoms with Crippen molar-refractivity contribution in [3.63, 3.8) is 0 Å². The van der Waals surface area contributed by atoms with Crippen LogP contribution in [0.3, 0.4) is 0 Å². The van der Waals surface area contributed by atoms with E-state index in [4.69, 9.17) is 0 Å². The van der Waals surface area contributed by atoms with E-state index in [0.29, 0.717) is 6.42 Å². The Hall–Kier alpha value is -2.10. The molecule has 0 N–H and O–H groups in total. The Morgan fingerprint density at radius 1 is 1.17 bits per heavy atom. The molecule has 1 aromatic carbocycles. The molecule has 0 radical (unpaired) electrons. The van der Waals surface area contributed by atoms with Gasteiger partial charge in [0.2, 0.25) is 5.91 Å². The van der Waals surface area contributed by atoms with E-state index in [1.54, 1.807) is 9.80 Å². The van der Waals surface area contributed by atoms with Crippen LogP contribution in [0.15, 0.2) is 30.1 Å². The van der Waals surface area contributed by atoms with Gasteiger partial charge in [-0.3, -0.25) is 14.5 Å². The lowest BCUT2D eigenvalue weighted by molar-refractivity contribution is -0.135. The minimum atomic E-state index is -0.407. The van der Waals surface area contributed by atoms with Crippen LogP contribution in [0.25, 0.3) is 0 Å². The highest BCUT2D eigenvalue weighted by atomic mass is 16.2. The van der Waals surface area contributed by atoms with Gasteiger partial charge in [-0.1, -0.05) is 38.0 Å². The van der Waals surface area contributed by atoms with E-state index in [-0.39, 0.29) is 11.8 Å². The number of unbranched alkanes of at least 4 members (excludes halogenated alkanes) is 1. The Bertz CT molecular complexity index is 629. The van der Waals surface area contributed by atoms with Gasteiger partial charge in [0, 0.05) is 18.8 Å². The number of carbonyl (C=O) groups excluding carboxylic acids is 2. The zero-order valence-electron chi connectivity index (χ0n) is 14.7. The van der Waals surface area contributed by atoms with Gasteiger partial charge < -0.3 is 4.90 Å². The molecule has 4 heteroatoms. The van der Waals surface area contributed by atoms with Crippen molar-refractivity contribution >= 4 is 17.5 Å². The number of carbonyl (C=O) groups is 2. The lowest BCUT2D eigenvalue weighted by Gasteiger charge is -2.39.